The van der Waals surface area contributed by atoms with Gasteiger partial charge in [-0.05, 0) is 49.1 Å². The highest BCUT2D eigenvalue weighted by molar-refractivity contribution is 6.30. The SMILES string of the molecule is C[C@H]1C[C@@H](O)CN(CCCN2CCN(C(=O)/C=C/c3ccc(F)c(Cl)c3)CCC2=O)C1. The lowest BCUT2D eigenvalue weighted by atomic mass is 9.98. The summed E-state index contributed by atoms with van der Waals surface area (Å²) < 4.78 is 13.3. The second-order valence-corrected chi connectivity index (χ2v) is 8.98. The Bertz CT molecular complexity index is 809. The van der Waals surface area contributed by atoms with E-state index in [0.717, 1.165) is 25.9 Å². The van der Waals surface area contributed by atoms with Gasteiger partial charge in [0, 0.05) is 51.8 Å². The third-order valence-electron chi connectivity index (χ3n) is 5.88. The van der Waals surface area contributed by atoms with Crippen LogP contribution in [0.25, 0.3) is 6.08 Å². The van der Waals surface area contributed by atoms with Crippen LogP contribution in [0.15, 0.2) is 24.3 Å². The molecule has 0 unspecified atom stereocenters. The lowest BCUT2D eigenvalue weighted by molar-refractivity contribution is -0.130. The molecule has 1 aromatic carbocycles. The fourth-order valence-electron chi connectivity index (χ4n) is 4.31. The van der Waals surface area contributed by atoms with Crippen LogP contribution in [-0.2, 0) is 9.59 Å². The van der Waals surface area contributed by atoms with Gasteiger partial charge in [-0.25, -0.2) is 4.39 Å². The van der Waals surface area contributed by atoms with Crippen molar-refractivity contribution >= 4 is 29.5 Å². The summed E-state index contributed by atoms with van der Waals surface area (Å²) in [5.41, 5.74) is 0.643. The van der Waals surface area contributed by atoms with Crippen molar-refractivity contribution < 1.29 is 19.1 Å². The van der Waals surface area contributed by atoms with Crippen LogP contribution in [0.2, 0.25) is 5.02 Å². The van der Waals surface area contributed by atoms with E-state index in [1.807, 2.05) is 4.90 Å². The molecule has 3 rings (SSSR count). The van der Waals surface area contributed by atoms with E-state index in [4.69, 9.17) is 11.6 Å². The fraction of sp³-hybridized carbons (Fsp3) is 0.565. The van der Waals surface area contributed by atoms with Gasteiger partial charge >= 0.3 is 0 Å². The summed E-state index contributed by atoms with van der Waals surface area (Å²) in [5.74, 6) is -0.118. The van der Waals surface area contributed by atoms with Gasteiger partial charge in [-0.1, -0.05) is 24.6 Å². The minimum Gasteiger partial charge on any atom is -0.392 e. The highest BCUT2D eigenvalue weighted by atomic mass is 35.5. The zero-order valence-corrected chi connectivity index (χ0v) is 18.7. The molecule has 6 nitrogen and oxygen atoms in total. The first-order chi connectivity index (χ1) is 14.8. The molecule has 0 bridgehead atoms. The molecule has 0 saturated carbocycles. The van der Waals surface area contributed by atoms with Gasteiger partial charge in [-0.15, -0.1) is 0 Å². The quantitative estimate of drug-likeness (QED) is 0.675. The first-order valence-electron chi connectivity index (χ1n) is 10.9. The Hall–Kier alpha value is -1.96. The van der Waals surface area contributed by atoms with Crippen molar-refractivity contribution in [1.82, 2.24) is 14.7 Å². The summed E-state index contributed by atoms with van der Waals surface area (Å²) in [6.07, 6.45) is 4.79. The number of likely N-dealkylation sites (tertiary alicyclic amines) is 1. The number of carbonyl (C=O) groups is 2. The molecule has 1 N–H and O–H groups in total. The lowest BCUT2D eigenvalue weighted by Gasteiger charge is -2.34. The summed E-state index contributed by atoms with van der Waals surface area (Å²) in [6.45, 7) is 6.74. The van der Waals surface area contributed by atoms with E-state index >= 15 is 0 Å². The van der Waals surface area contributed by atoms with Crippen molar-refractivity contribution in [3.63, 3.8) is 0 Å². The molecule has 1 aromatic rings. The van der Waals surface area contributed by atoms with E-state index in [1.165, 1.54) is 18.2 Å². The van der Waals surface area contributed by atoms with Gasteiger partial charge in [-0.3, -0.25) is 9.59 Å². The van der Waals surface area contributed by atoms with E-state index in [0.29, 0.717) is 50.6 Å². The van der Waals surface area contributed by atoms with Crippen LogP contribution in [0, 0.1) is 11.7 Å². The minimum absolute atomic E-state index is 0.0131. The maximum atomic E-state index is 13.3. The molecular formula is C23H31ClFN3O3. The zero-order valence-electron chi connectivity index (χ0n) is 18.0. The van der Waals surface area contributed by atoms with Crippen LogP contribution >= 0.6 is 11.6 Å². The molecule has 2 heterocycles. The van der Waals surface area contributed by atoms with Crippen LogP contribution in [0.1, 0.15) is 31.7 Å². The van der Waals surface area contributed by atoms with Crippen molar-refractivity contribution in [2.45, 2.75) is 32.3 Å². The van der Waals surface area contributed by atoms with Crippen LogP contribution in [-0.4, -0.2) is 83.5 Å². The number of nitrogens with zero attached hydrogens (tertiary/aromatic N) is 3. The molecule has 2 saturated heterocycles. The number of amides is 2. The number of rotatable bonds is 6. The third-order valence-corrected chi connectivity index (χ3v) is 6.17. The van der Waals surface area contributed by atoms with Crippen LogP contribution < -0.4 is 0 Å². The second kappa shape index (κ2) is 11.1. The average Bonchev–Trinajstić information content (AvgIpc) is 2.90. The number of aliphatic hydroxyl groups excluding tert-OH is 1. The van der Waals surface area contributed by atoms with Crippen LogP contribution in [0.3, 0.4) is 0 Å². The van der Waals surface area contributed by atoms with Crippen molar-refractivity contribution in [1.29, 1.82) is 0 Å². The Kier molecular flexibility index (Phi) is 8.46. The van der Waals surface area contributed by atoms with Gasteiger partial charge in [0.25, 0.3) is 0 Å². The van der Waals surface area contributed by atoms with Crippen LogP contribution in [0.5, 0.6) is 0 Å². The number of aliphatic hydroxyl groups is 1. The van der Waals surface area contributed by atoms with Crippen molar-refractivity contribution in [2.24, 2.45) is 5.92 Å². The number of hydrogen-bond donors (Lipinski definition) is 1. The van der Waals surface area contributed by atoms with Gasteiger partial charge in [0.05, 0.1) is 11.1 Å². The molecule has 31 heavy (non-hydrogen) atoms. The summed E-state index contributed by atoms with van der Waals surface area (Å²) in [5, 5.41) is 9.94. The fourth-order valence-corrected chi connectivity index (χ4v) is 4.50. The zero-order chi connectivity index (χ0) is 22.4. The molecule has 0 aromatic heterocycles. The summed E-state index contributed by atoms with van der Waals surface area (Å²) in [7, 11) is 0. The molecular weight excluding hydrogens is 421 g/mol. The van der Waals surface area contributed by atoms with E-state index < -0.39 is 5.82 Å². The van der Waals surface area contributed by atoms with Gasteiger partial charge in [-0.2, -0.15) is 0 Å². The number of hydrogen-bond acceptors (Lipinski definition) is 4. The Balaban J connectivity index is 1.46. The lowest BCUT2D eigenvalue weighted by Crippen LogP contribution is -2.43. The number of β-amino-alcohol motifs (C(OH)–C–C–N with tert-alkyl or cyclic N) is 1. The van der Waals surface area contributed by atoms with Gasteiger partial charge in [0.15, 0.2) is 0 Å². The van der Waals surface area contributed by atoms with Crippen molar-refractivity contribution in [3.05, 3.63) is 40.7 Å². The molecule has 0 radical (unpaired) electrons. The topological polar surface area (TPSA) is 64.1 Å². The number of piperidine rings is 1. The predicted octanol–water partition coefficient (Wildman–Crippen LogP) is 2.65. The molecule has 2 aliphatic rings. The highest BCUT2D eigenvalue weighted by Crippen LogP contribution is 2.18. The van der Waals surface area contributed by atoms with Gasteiger partial charge < -0.3 is 19.8 Å². The molecule has 2 atom stereocenters. The minimum atomic E-state index is -0.498. The average molecular weight is 452 g/mol. The van der Waals surface area contributed by atoms with Crippen molar-refractivity contribution in [2.75, 3.05) is 45.8 Å². The first-order valence-corrected chi connectivity index (χ1v) is 11.3. The van der Waals surface area contributed by atoms with Crippen molar-refractivity contribution in [3.8, 4) is 0 Å². The number of halogens is 2. The summed E-state index contributed by atoms with van der Waals surface area (Å²) in [6, 6.07) is 4.29. The van der Waals surface area contributed by atoms with E-state index in [-0.39, 0.29) is 22.9 Å². The second-order valence-electron chi connectivity index (χ2n) is 8.57. The van der Waals surface area contributed by atoms with E-state index in [9.17, 15) is 19.1 Å². The Labute approximate surface area is 188 Å². The monoisotopic (exact) mass is 451 g/mol. The normalized spacial score (nSPS) is 23.4. The largest absolute Gasteiger partial charge is 0.392 e. The molecule has 170 valence electrons. The highest BCUT2D eigenvalue weighted by Gasteiger charge is 2.25. The molecule has 0 aliphatic carbocycles. The molecule has 2 aliphatic heterocycles. The standard InChI is InChI=1S/C23H31ClFN3O3/c1-17-13-19(29)16-26(15-17)8-2-9-27-11-12-28(10-7-23(27)31)22(30)6-4-18-3-5-21(25)20(24)14-18/h3-6,14,17,19,29H,2,7-13,15-16H2,1H3/b6-4+/t17-,19+/m0/s1. The predicted molar refractivity (Wildman–Crippen MR) is 119 cm³/mol. The molecule has 2 amide bonds. The van der Waals surface area contributed by atoms with E-state index in [2.05, 4.69) is 11.8 Å². The maximum Gasteiger partial charge on any atom is 0.246 e. The van der Waals surface area contributed by atoms with Gasteiger partial charge in [0.2, 0.25) is 11.8 Å². The maximum absolute atomic E-state index is 13.3. The molecule has 2 fully saturated rings. The first kappa shape index (κ1) is 23.7. The third kappa shape index (κ3) is 7.02. The molecule has 8 heteroatoms. The summed E-state index contributed by atoms with van der Waals surface area (Å²) in [4.78, 5) is 30.8. The Morgan fingerprint density at radius 1 is 1.26 bits per heavy atom. The Morgan fingerprint density at radius 2 is 2.06 bits per heavy atom. The van der Waals surface area contributed by atoms with Crippen LogP contribution in [0.4, 0.5) is 4.39 Å². The Morgan fingerprint density at radius 3 is 2.81 bits per heavy atom. The smallest absolute Gasteiger partial charge is 0.246 e. The van der Waals surface area contributed by atoms with E-state index in [1.54, 1.807) is 17.0 Å². The number of benzene rings is 1. The van der Waals surface area contributed by atoms with Gasteiger partial charge in [0.1, 0.15) is 5.82 Å². The number of carbonyl (C=O) groups excluding carboxylic acids is 2. The summed E-state index contributed by atoms with van der Waals surface area (Å²) >= 11 is 5.77. The molecule has 0 spiro atoms.